The first-order valence-corrected chi connectivity index (χ1v) is 12.7. The summed E-state index contributed by atoms with van der Waals surface area (Å²) < 4.78 is 0. The number of benzene rings is 1. The van der Waals surface area contributed by atoms with Gasteiger partial charge in [0.25, 0.3) is 0 Å². The van der Waals surface area contributed by atoms with Gasteiger partial charge in [0.15, 0.2) is 0 Å². The molecule has 0 aliphatic rings. The lowest BCUT2D eigenvalue weighted by Crippen LogP contribution is -1.81. The first-order chi connectivity index (χ1) is 15.3. The second-order valence-electron chi connectivity index (χ2n) is 6.38. The van der Waals surface area contributed by atoms with E-state index >= 15 is 0 Å². The summed E-state index contributed by atoms with van der Waals surface area (Å²) in [6, 6.07) is 8.76. The topological polar surface area (TPSA) is 0 Å². The van der Waals surface area contributed by atoms with Gasteiger partial charge < -0.3 is 0 Å². The molecule has 1 aromatic carbocycles. The molecule has 0 fully saturated rings. The molecular formula is C32H58. The van der Waals surface area contributed by atoms with E-state index in [2.05, 4.69) is 77.3 Å². The van der Waals surface area contributed by atoms with Crippen LogP contribution in [0.1, 0.15) is 108 Å². The number of allylic oxidation sites excluding steroid dienone is 8. The Bertz CT molecular complexity index is 574. The largest absolute Gasteiger partial charge is 0.0988 e. The Morgan fingerprint density at radius 1 is 0.688 bits per heavy atom. The fourth-order valence-corrected chi connectivity index (χ4v) is 1.98. The van der Waals surface area contributed by atoms with E-state index in [4.69, 9.17) is 0 Å². The van der Waals surface area contributed by atoms with Gasteiger partial charge in [0, 0.05) is 0 Å². The smallest absolute Gasteiger partial charge is 0.0265 e. The SMILES string of the molecule is C=C/C(C)=C/C(/C=C(\C)C=C)=C(C)C.CC.CC.CC.CC.CCCc1ccc(C)cc1. The average Bonchev–Trinajstić information content (AvgIpc) is 2.85. The molecule has 0 heterocycles. The molecule has 0 aromatic heterocycles. The van der Waals surface area contributed by atoms with Gasteiger partial charge in [-0.1, -0.05) is 153 Å². The van der Waals surface area contributed by atoms with E-state index in [0.717, 1.165) is 0 Å². The van der Waals surface area contributed by atoms with Crippen LogP contribution in [0.4, 0.5) is 0 Å². The molecule has 1 rings (SSSR count). The van der Waals surface area contributed by atoms with Gasteiger partial charge in [0.05, 0.1) is 0 Å². The van der Waals surface area contributed by atoms with Crippen molar-refractivity contribution in [3.05, 3.63) is 95.1 Å². The molecule has 0 nitrogen and oxygen atoms in total. The first-order valence-electron chi connectivity index (χ1n) is 12.7. The monoisotopic (exact) mass is 442 g/mol. The van der Waals surface area contributed by atoms with Gasteiger partial charge in [-0.3, -0.25) is 0 Å². The van der Waals surface area contributed by atoms with Crippen molar-refractivity contribution in [2.24, 2.45) is 0 Å². The van der Waals surface area contributed by atoms with E-state index in [1.54, 1.807) is 0 Å². The second-order valence-corrected chi connectivity index (χ2v) is 6.38. The predicted octanol–water partition coefficient (Wildman–Crippen LogP) is 11.6. The standard InChI is InChI=1S/C14H20.C10H14.4C2H6/c1-7-12(5)9-14(11(3)4)10-13(6)8-2;1-3-4-10-7-5-9(2)6-8-10;4*1-2/h7-10H,1-2H2,3-6H3;5-8H,3-4H2,1-2H3;4*1-2H3/b12-9+,13-10+;;;;;. The van der Waals surface area contributed by atoms with Crippen LogP contribution in [0.15, 0.2) is 84.0 Å². The molecule has 0 heteroatoms. The minimum atomic E-state index is 1.18. The van der Waals surface area contributed by atoms with Crippen molar-refractivity contribution in [3.8, 4) is 0 Å². The highest BCUT2D eigenvalue weighted by Gasteiger charge is 1.93. The van der Waals surface area contributed by atoms with Crippen molar-refractivity contribution < 1.29 is 0 Å². The van der Waals surface area contributed by atoms with E-state index in [-0.39, 0.29) is 0 Å². The molecule has 0 saturated heterocycles. The summed E-state index contributed by atoms with van der Waals surface area (Å²) in [5, 5.41) is 0. The van der Waals surface area contributed by atoms with Crippen molar-refractivity contribution in [1.29, 1.82) is 0 Å². The average molecular weight is 443 g/mol. The summed E-state index contributed by atoms with van der Waals surface area (Å²) in [6.45, 7) is 36.1. The highest BCUT2D eigenvalue weighted by Crippen LogP contribution is 2.13. The lowest BCUT2D eigenvalue weighted by molar-refractivity contribution is 0.921. The summed E-state index contributed by atoms with van der Waals surface area (Å²) in [7, 11) is 0. The molecule has 0 bridgehead atoms. The number of rotatable bonds is 6. The van der Waals surface area contributed by atoms with Gasteiger partial charge in [-0.2, -0.15) is 0 Å². The molecule has 0 N–H and O–H groups in total. The van der Waals surface area contributed by atoms with Crippen LogP contribution in [0.25, 0.3) is 0 Å². The van der Waals surface area contributed by atoms with Gasteiger partial charge >= 0.3 is 0 Å². The molecule has 0 spiro atoms. The zero-order valence-electron chi connectivity index (χ0n) is 24.4. The molecular weight excluding hydrogens is 384 g/mol. The molecule has 0 aliphatic carbocycles. The summed E-state index contributed by atoms with van der Waals surface area (Å²) in [6.07, 6.45) is 10.4. The minimum Gasteiger partial charge on any atom is -0.0988 e. The molecule has 0 unspecified atom stereocenters. The highest BCUT2D eigenvalue weighted by atomic mass is 14.0. The molecule has 0 amide bonds. The molecule has 1 aromatic rings. The normalized spacial score (nSPS) is 9.19. The van der Waals surface area contributed by atoms with Crippen molar-refractivity contribution >= 4 is 0 Å². The van der Waals surface area contributed by atoms with Crippen molar-refractivity contribution in [3.63, 3.8) is 0 Å². The zero-order valence-corrected chi connectivity index (χ0v) is 24.4. The van der Waals surface area contributed by atoms with E-state index in [1.807, 2.05) is 81.4 Å². The van der Waals surface area contributed by atoms with Gasteiger partial charge in [-0.15, -0.1) is 0 Å². The number of aryl methyl sites for hydroxylation is 2. The van der Waals surface area contributed by atoms with E-state index < -0.39 is 0 Å². The molecule has 0 radical (unpaired) electrons. The fourth-order valence-electron chi connectivity index (χ4n) is 1.98. The first kappa shape index (κ1) is 40.3. The maximum absolute atomic E-state index is 3.74. The maximum Gasteiger partial charge on any atom is -0.0265 e. The third kappa shape index (κ3) is 27.9. The van der Waals surface area contributed by atoms with Crippen LogP contribution in [0.3, 0.4) is 0 Å². The third-order valence-electron chi connectivity index (χ3n) is 3.65. The van der Waals surface area contributed by atoms with Crippen molar-refractivity contribution in [2.45, 2.75) is 110 Å². The molecule has 0 saturated carbocycles. The summed E-state index contributed by atoms with van der Waals surface area (Å²) in [4.78, 5) is 0. The van der Waals surface area contributed by atoms with Gasteiger partial charge in [0.2, 0.25) is 0 Å². The number of hydrogen-bond donors (Lipinski definition) is 0. The minimum absolute atomic E-state index is 1.18. The number of hydrogen-bond acceptors (Lipinski definition) is 0. The fraction of sp³-hybridized carbons (Fsp3) is 0.500. The molecule has 0 aliphatic heterocycles. The van der Waals surface area contributed by atoms with Gasteiger partial charge in [0.1, 0.15) is 0 Å². The van der Waals surface area contributed by atoms with Gasteiger partial charge in [-0.05, 0) is 52.2 Å². The van der Waals surface area contributed by atoms with Crippen LogP contribution in [0.2, 0.25) is 0 Å². The maximum atomic E-state index is 3.74. The Morgan fingerprint density at radius 3 is 1.28 bits per heavy atom. The van der Waals surface area contributed by atoms with Crippen LogP contribution >= 0.6 is 0 Å². The van der Waals surface area contributed by atoms with E-state index in [9.17, 15) is 0 Å². The Labute approximate surface area is 205 Å². The van der Waals surface area contributed by atoms with E-state index in [1.165, 1.54) is 46.3 Å². The Hall–Kier alpha value is -2.08. The van der Waals surface area contributed by atoms with Crippen LogP contribution in [-0.4, -0.2) is 0 Å². The quantitative estimate of drug-likeness (QED) is 0.384. The van der Waals surface area contributed by atoms with Crippen LogP contribution < -0.4 is 0 Å². The third-order valence-corrected chi connectivity index (χ3v) is 3.65. The van der Waals surface area contributed by atoms with Gasteiger partial charge in [-0.25, -0.2) is 0 Å². The molecule has 32 heavy (non-hydrogen) atoms. The zero-order chi connectivity index (χ0) is 26.5. The Balaban J connectivity index is -0.000000118. The Morgan fingerprint density at radius 2 is 1.03 bits per heavy atom. The summed E-state index contributed by atoms with van der Waals surface area (Å²) in [5.41, 5.74) is 7.68. The molecule has 0 atom stereocenters. The lowest BCUT2D eigenvalue weighted by Gasteiger charge is -2.01. The van der Waals surface area contributed by atoms with Crippen LogP contribution in [0.5, 0.6) is 0 Å². The Kier molecular flexibility index (Phi) is 42.3. The second kappa shape index (κ2) is 33.6. The van der Waals surface area contributed by atoms with Crippen molar-refractivity contribution in [2.75, 3.05) is 0 Å². The highest BCUT2D eigenvalue weighted by molar-refractivity contribution is 5.41. The summed E-state index contributed by atoms with van der Waals surface area (Å²) in [5.74, 6) is 0. The van der Waals surface area contributed by atoms with E-state index in [0.29, 0.717) is 0 Å². The van der Waals surface area contributed by atoms with Crippen LogP contribution in [-0.2, 0) is 6.42 Å². The summed E-state index contributed by atoms with van der Waals surface area (Å²) >= 11 is 0. The molecule has 186 valence electrons. The predicted molar refractivity (Wildman–Crippen MR) is 157 cm³/mol. The van der Waals surface area contributed by atoms with Crippen molar-refractivity contribution in [1.82, 2.24) is 0 Å². The lowest BCUT2D eigenvalue weighted by atomic mass is 10.0. The van der Waals surface area contributed by atoms with Crippen LogP contribution in [0, 0.1) is 6.92 Å².